The number of hydrogen-bond donors (Lipinski definition) is 1. The summed E-state index contributed by atoms with van der Waals surface area (Å²) in [5.74, 6) is 3.08. The number of phenols is 1. The summed E-state index contributed by atoms with van der Waals surface area (Å²) in [6.45, 7) is 7.64. The minimum Gasteiger partial charge on any atom is -0.508 e. The largest absolute Gasteiger partial charge is 0.508 e. The third-order valence-electron chi connectivity index (χ3n) is 5.77. The van der Waals surface area contributed by atoms with Crippen molar-refractivity contribution in [2.75, 3.05) is 13.2 Å². The topological polar surface area (TPSA) is 47.9 Å². The average Bonchev–Trinajstić information content (AvgIpc) is 2.67. The molecule has 0 spiro atoms. The van der Waals surface area contributed by atoms with Crippen molar-refractivity contribution >= 4 is 0 Å². The first kappa shape index (κ1) is 19.0. The Hall–Kier alpha value is -2.36. The van der Waals surface area contributed by atoms with Gasteiger partial charge in [0, 0.05) is 23.1 Å². The molecule has 0 radical (unpaired) electrons. The number of ether oxygens (including phenoxy) is 3. The van der Waals surface area contributed by atoms with Crippen molar-refractivity contribution in [3.63, 3.8) is 0 Å². The SMILES string of the molecule is CCCCOc1ccc([C@@H]2COc3c(ccc4c3CCC(C)(C)O4)C2)c(O)c1. The van der Waals surface area contributed by atoms with Gasteiger partial charge >= 0.3 is 0 Å². The van der Waals surface area contributed by atoms with Crippen LogP contribution in [0.15, 0.2) is 30.3 Å². The highest BCUT2D eigenvalue weighted by atomic mass is 16.5. The first-order chi connectivity index (χ1) is 13.5. The van der Waals surface area contributed by atoms with Crippen molar-refractivity contribution in [2.24, 2.45) is 0 Å². The van der Waals surface area contributed by atoms with Gasteiger partial charge in [-0.15, -0.1) is 0 Å². The predicted molar refractivity (Wildman–Crippen MR) is 110 cm³/mol. The third-order valence-corrected chi connectivity index (χ3v) is 5.77. The van der Waals surface area contributed by atoms with Crippen LogP contribution in [0.3, 0.4) is 0 Å². The molecular weight excluding hydrogens is 352 g/mol. The summed E-state index contributed by atoms with van der Waals surface area (Å²) in [5.41, 5.74) is 3.19. The Morgan fingerprint density at radius 1 is 1.21 bits per heavy atom. The van der Waals surface area contributed by atoms with Gasteiger partial charge in [0.05, 0.1) is 13.2 Å². The molecule has 0 fully saturated rings. The number of aromatic hydroxyl groups is 1. The van der Waals surface area contributed by atoms with Crippen LogP contribution in [0.2, 0.25) is 0 Å². The van der Waals surface area contributed by atoms with Gasteiger partial charge in [0.2, 0.25) is 0 Å². The van der Waals surface area contributed by atoms with E-state index >= 15 is 0 Å². The van der Waals surface area contributed by atoms with Crippen LogP contribution in [-0.2, 0) is 12.8 Å². The summed E-state index contributed by atoms with van der Waals surface area (Å²) in [7, 11) is 0. The van der Waals surface area contributed by atoms with Crippen molar-refractivity contribution in [1.82, 2.24) is 0 Å². The lowest BCUT2D eigenvalue weighted by atomic mass is 9.86. The Balaban J connectivity index is 1.52. The monoisotopic (exact) mass is 382 g/mol. The molecular formula is C24H30O4. The smallest absolute Gasteiger partial charge is 0.129 e. The molecule has 1 atom stereocenters. The lowest BCUT2D eigenvalue weighted by Crippen LogP contribution is -2.33. The highest BCUT2D eigenvalue weighted by Crippen LogP contribution is 2.44. The molecule has 0 aromatic heterocycles. The standard InChI is InChI=1S/C24H30O4/c1-4-5-12-26-18-7-8-19(21(25)14-18)17-13-16-6-9-22-20(23(16)27-15-17)10-11-24(2,3)28-22/h6-9,14,17,25H,4-5,10-13,15H2,1-3H3/t17-/m0/s1. The van der Waals surface area contributed by atoms with Gasteiger partial charge in [-0.25, -0.2) is 0 Å². The van der Waals surface area contributed by atoms with Crippen molar-refractivity contribution in [1.29, 1.82) is 0 Å². The van der Waals surface area contributed by atoms with E-state index in [1.807, 2.05) is 12.1 Å². The molecule has 0 unspecified atom stereocenters. The minimum atomic E-state index is -0.120. The van der Waals surface area contributed by atoms with Gasteiger partial charge in [0.25, 0.3) is 0 Å². The molecule has 4 rings (SSSR count). The minimum absolute atomic E-state index is 0.120. The van der Waals surface area contributed by atoms with Crippen LogP contribution in [0.25, 0.3) is 0 Å². The molecule has 28 heavy (non-hydrogen) atoms. The van der Waals surface area contributed by atoms with Crippen LogP contribution in [0, 0.1) is 0 Å². The molecule has 2 aromatic rings. The lowest BCUT2D eigenvalue weighted by Gasteiger charge is -2.35. The van der Waals surface area contributed by atoms with Crippen LogP contribution in [-0.4, -0.2) is 23.9 Å². The van der Waals surface area contributed by atoms with E-state index in [0.717, 1.165) is 54.9 Å². The third kappa shape index (κ3) is 3.78. The fraction of sp³-hybridized carbons (Fsp3) is 0.500. The van der Waals surface area contributed by atoms with E-state index in [1.165, 1.54) is 11.1 Å². The molecule has 2 heterocycles. The first-order valence-corrected chi connectivity index (χ1v) is 10.4. The highest BCUT2D eigenvalue weighted by molar-refractivity contribution is 5.54. The van der Waals surface area contributed by atoms with E-state index in [1.54, 1.807) is 6.07 Å². The molecule has 0 saturated heterocycles. The van der Waals surface area contributed by atoms with Crippen molar-refractivity contribution in [3.8, 4) is 23.0 Å². The van der Waals surface area contributed by atoms with E-state index in [-0.39, 0.29) is 17.3 Å². The van der Waals surface area contributed by atoms with E-state index in [4.69, 9.17) is 14.2 Å². The second-order valence-corrected chi connectivity index (χ2v) is 8.53. The Morgan fingerprint density at radius 2 is 2.07 bits per heavy atom. The Labute approximate surface area is 167 Å². The van der Waals surface area contributed by atoms with Crippen LogP contribution >= 0.6 is 0 Å². The summed E-state index contributed by atoms with van der Waals surface area (Å²) in [6, 6.07) is 9.83. The number of phenolic OH excluding ortho intramolecular Hbond substituents is 1. The van der Waals surface area contributed by atoms with Crippen molar-refractivity contribution in [2.45, 2.75) is 64.4 Å². The van der Waals surface area contributed by atoms with E-state index < -0.39 is 0 Å². The van der Waals surface area contributed by atoms with Gasteiger partial charge in [-0.05, 0) is 57.2 Å². The molecule has 4 heteroatoms. The van der Waals surface area contributed by atoms with Gasteiger partial charge in [0.1, 0.15) is 28.6 Å². The van der Waals surface area contributed by atoms with Gasteiger partial charge in [-0.3, -0.25) is 0 Å². The summed E-state index contributed by atoms with van der Waals surface area (Å²) < 4.78 is 18.0. The molecule has 0 aliphatic carbocycles. The van der Waals surface area contributed by atoms with Crippen LogP contribution in [0.4, 0.5) is 0 Å². The molecule has 2 aromatic carbocycles. The average molecular weight is 383 g/mol. The number of hydrogen-bond acceptors (Lipinski definition) is 4. The highest BCUT2D eigenvalue weighted by Gasteiger charge is 2.32. The summed E-state index contributed by atoms with van der Waals surface area (Å²) in [4.78, 5) is 0. The quantitative estimate of drug-likeness (QED) is 0.704. The first-order valence-electron chi connectivity index (χ1n) is 10.4. The van der Waals surface area contributed by atoms with Crippen LogP contribution in [0.5, 0.6) is 23.0 Å². The predicted octanol–water partition coefficient (Wildman–Crippen LogP) is 5.39. The van der Waals surface area contributed by atoms with Gasteiger partial charge in [-0.1, -0.05) is 25.5 Å². The van der Waals surface area contributed by atoms with Crippen LogP contribution in [0.1, 0.15) is 62.6 Å². The van der Waals surface area contributed by atoms with E-state index in [2.05, 4.69) is 32.9 Å². The molecule has 2 aliphatic rings. The summed E-state index contributed by atoms with van der Waals surface area (Å²) in [6.07, 6.45) is 4.93. The van der Waals surface area contributed by atoms with E-state index in [0.29, 0.717) is 13.2 Å². The molecule has 150 valence electrons. The van der Waals surface area contributed by atoms with Crippen LogP contribution < -0.4 is 14.2 Å². The van der Waals surface area contributed by atoms with Gasteiger partial charge in [-0.2, -0.15) is 0 Å². The molecule has 0 bridgehead atoms. The maximum absolute atomic E-state index is 10.5. The number of fused-ring (bicyclic) bond motifs is 3. The Morgan fingerprint density at radius 3 is 2.86 bits per heavy atom. The van der Waals surface area contributed by atoms with Crippen molar-refractivity contribution < 1.29 is 19.3 Å². The molecule has 0 saturated carbocycles. The second kappa shape index (κ2) is 7.57. The molecule has 1 N–H and O–H groups in total. The number of benzene rings is 2. The summed E-state index contributed by atoms with van der Waals surface area (Å²) in [5, 5.41) is 10.5. The fourth-order valence-electron chi connectivity index (χ4n) is 4.11. The zero-order chi connectivity index (χ0) is 19.7. The van der Waals surface area contributed by atoms with E-state index in [9.17, 15) is 5.11 Å². The maximum atomic E-state index is 10.5. The number of rotatable bonds is 5. The molecule has 2 aliphatic heterocycles. The van der Waals surface area contributed by atoms with Gasteiger partial charge in [0.15, 0.2) is 0 Å². The van der Waals surface area contributed by atoms with Gasteiger partial charge < -0.3 is 19.3 Å². The zero-order valence-corrected chi connectivity index (χ0v) is 17.1. The lowest BCUT2D eigenvalue weighted by molar-refractivity contribution is 0.0826. The Bertz CT molecular complexity index is 856. The molecule has 0 amide bonds. The second-order valence-electron chi connectivity index (χ2n) is 8.53. The molecule has 4 nitrogen and oxygen atoms in total. The Kier molecular flexibility index (Phi) is 5.13. The normalized spacial score (nSPS) is 19.8. The fourth-order valence-corrected chi connectivity index (χ4v) is 4.11. The van der Waals surface area contributed by atoms with Crippen molar-refractivity contribution in [3.05, 3.63) is 47.0 Å². The zero-order valence-electron chi connectivity index (χ0n) is 17.1. The summed E-state index contributed by atoms with van der Waals surface area (Å²) >= 11 is 0. The maximum Gasteiger partial charge on any atom is 0.129 e. The number of unbranched alkanes of at least 4 members (excludes halogenated alkanes) is 1.